The Balaban J connectivity index is 1.54. The Morgan fingerprint density at radius 1 is 1.00 bits per heavy atom. The topological polar surface area (TPSA) is 68.9 Å². The van der Waals surface area contributed by atoms with Crippen LogP contribution in [0, 0.1) is 11.6 Å². The van der Waals surface area contributed by atoms with Crippen LogP contribution in [0.15, 0.2) is 77.7 Å². The number of hydrogen-bond donors (Lipinski definition) is 1. The number of nitrogens with one attached hydrogen (secondary N) is 1. The largest absolute Gasteiger partial charge is 0.342 e. The summed E-state index contributed by atoms with van der Waals surface area (Å²) in [5, 5.41) is 7.68. The summed E-state index contributed by atoms with van der Waals surface area (Å²) in [5.74, 6) is -1.19. The van der Waals surface area contributed by atoms with Gasteiger partial charge < -0.3 is 9.88 Å². The van der Waals surface area contributed by atoms with Crippen molar-refractivity contribution >= 4 is 22.5 Å². The third-order valence-corrected chi connectivity index (χ3v) is 5.98. The number of para-hydroxylation sites is 1. The number of halogens is 2. The first-order valence-corrected chi connectivity index (χ1v) is 11.2. The summed E-state index contributed by atoms with van der Waals surface area (Å²) in [7, 11) is 0. The molecule has 0 radical (unpaired) electrons. The average molecular weight is 472 g/mol. The van der Waals surface area contributed by atoms with Crippen molar-refractivity contribution in [3.05, 3.63) is 106 Å². The molecule has 0 bridgehead atoms. The predicted molar refractivity (Wildman–Crippen MR) is 131 cm³/mol. The molecule has 5 rings (SSSR count). The molecule has 0 spiro atoms. The molecule has 2 aliphatic heterocycles. The lowest BCUT2D eigenvalue weighted by molar-refractivity contribution is -0.116. The molecule has 0 unspecified atom stereocenters. The number of fused-ring (bicyclic) bond motifs is 3. The summed E-state index contributed by atoms with van der Waals surface area (Å²) < 4.78 is 30.4. The SMILES string of the molecule is CCc1ccccc1NC(=O)Cn1nc2c3cc(F)ccc3n(Cc3ccc(F)cc3)cc-2c1=O. The summed E-state index contributed by atoms with van der Waals surface area (Å²) in [6.45, 7) is 2.06. The minimum absolute atomic E-state index is 0.270. The minimum Gasteiger partial charge on any atom is -0.342 e. The van der Waals surface area contributed by atoms with Gasteiger partial charge in [0.15, 0.2) is 0 Å². The molecular formula is C27H22F2N4O2. The first-order valence-electron chi connectivity index (χ1n) is 11.2. The summed E-state index contributed by atoms with van der Waals surface area (Å²) in [6.07, 6.45) is 2.40. The van der Waals surface area contributed by atoms with E-state index < -0.39 is 11.4 Å². The van der Waals surface area contributed by atoms with Crippen molar-refractivity contribution in [2.75, 3.05) is 5.32 Å². The quantitative estimate of drug-likeness (QED) is 0.385. The highest BCUT2D eigenvalue weighted by Crippen LogP contribution is 2.29. The Morgan fingerprint density at radius 2 is 1.74 bits per heavy atom. The molecule has 0 aliphatic carbocycles. The van der Waals surface area contributed by atoms with E-state index in [1.54, 1.807) is 29.0 Å². The number of hydrogen-bond acceptors (Lipinski definition) is 3. The van der Waals surface area contributed by atoms with Gasteiger partial charge in [-0.1, -0.05) is 37.3 Å². The number of carbonyl (C=O) groups excluding carboxylic acids is 1. The summed E-state index contributed by atoms with van der Waals surface area (Å²) in [6, 6.07) is 17.8. The standard InChI is InChI=1S/C27H22F2N4O2/c1-2-18-5-3-4-6-23(18)30-25(34)16-33-27(35)22-15-32(14-17-7-9-19(28)10-8-17)24-12-11-20(29)13-21(24)26(22)31-33/h3-13,15H,2,14,16H2,1H3,(H,30,34). The zero-order chi connectivity index (χ0) is 24.5. The number of aryl methyl sites for hydroxylation is 1. The van der Waals surface area contributed by atoms with E-state index in [4.69, 9.17) is 0 Å². The number of rotatable bonds is 6. The van der Waals surface area contributed by atoms with Crippen LogP contribution in [0.4, 0.5) is 14.5 Å². The molecule has 0 saturated carbocycles. The van der Waals surface area contributed by atoms with Crippen LogP contribution < -0.4 is 10.9 Å². The first-order chi connectivity index (χ1) is 16.9. The molecule has 1 N–H and O–H groups in total. The molecule has 3 aromatic carbocycles. The van der Waals surface area contributed by atoms with Crippen molar-refractivity contribution in [3.63, 3.8) is 0 Å². The zero-order valence-corrected chi connectivity index (χ0v) is 19.0. The number of carbonyl (C=O) groups is 1. The van der Waals surface area contributed by atoms with E-state index in [-0.39, 0.29) is 23.8 Å². The summed E-state index contributed by atoms with van der Waals surface area (Å²) in [5.41, 5.74) is 3.29. The van der Waals surface area contributed by atoms with Gasteiger partial charge >= 0.3 is 0 Å². The van der Waals surface area contributed by atoms with Crippen molar-refractivity contribution in [1.82, 2.24) is 14.3 Å². The molecule has 6 nitrogen and oxygen atoms in total. The fourth-order valence-electron chi connectivity index (χ4n) is 4.25. The van der Waals surface area contributed by atoms with Crippen LogP contribution in [0.5, 0.6) is 0 Å². The predicted octanol–water partition coefficient (Wildman–Crippen LogP) is 4.83. The average Bonchev–Trinajstić information content (AvgIpc) is 3.16. The number of pyridine rings is 1. The van der Waals surface area contributed by atoms with Crippen molar-refractivity contribution in [1.29, 1.82) is 0 Å². The molecule has 2 aliphatic rings. The van der Waals surface area contributed by atoms with Crippen molar-refractivity contribution in [2.24, 2.45) is 0 Å². The molecule has 0 aromatic heterocycles. The van der Waals surface area contributed by atoms with Crippen LogP contribution >= 0.6 is 0 Å². The highest BCUT2D eigenvalue weighted by Gasteiger charge is 2.22. The molecular weight excluding hydrogens is 450 g/mol. The summed E-state index contributed by atoms with van der Waals surface area (Å²) in [4.78, 5) is 25.9. The van der Waals surface area contributed by atoms with E-state index >= 15 is 0 Å². The van der Waals surface area contributed by atoms with Gasteiger partial charge in [-0.2, -0.15) is 5.10 Å². The highest BCUT2D eigenvalue weighted by molar-refractivity contribution is 5.94. The minimum atomic E-state index is -0.464. The Kier molecular flexibility index (Phi) is 5.86. The maximum Gasteiger partial charge on any atom is 0.278 e. The fourth-order valence-corrected chi connectivity index (χ4v) is 4.25. The summed E-state index contributed by atoms with van der Waals surface area (Å²) >= 11 is 0. The third-order valence-electron chi connectivity index (χ3n) is 5.98. The van der Waals surface area contributed by atoms with E-state index in [2.05, 4.69) is 10.4 Å². The second-order valence-electron chi connectivity index (χ2n) is 8.33. The van der Waals surface area contributed by atoms with Gasteiger partial charge in [0.2, 0.25) is 5.91 Å². The van der Waals surface area contributed by atoms with Crippen LogP contribution in [0.2, 0.25) is 0 Å². The van der Waals surface area contributed by atoms with Crippen LogP contribution in [-0.4, -0.2) is 20.3 Å². The Morgan fingerprint density at radius 3 is 2.51 bits per heavy atom. The molecule has 3 aromatic rings. The fraction of sp³-hybridized carbons (Fsp3) is 0.148. The van der Waals surface area contributed by atoms with Gasteiger partial charge in [-0.25, -0.2) is 13.5 Å². The maximum absolute atomic E-state index is 14.2. The maximum atomic E-state index is 14.2. The van der Waals surface area contributed by atoms with Gasteiger partial charge in [0.1, 0.15) is 23.9 Å². The zero-order valence-electron chi connectivity index (χ0n) is 19.0. The van der Waals surface area contributed by atoms with E-state index in [0.29, 0.717) is 28.8 Å². The molecule has 35 heavy (non-hydrogen) atoms. The second-order valence-corrected chi connectivity index (χ2v) is 8.33. The van der Waals surface area contributed by atoms with Crippen LogP contribution in [0.3, 0.4) is 0 Å². The lowest BCUT2D eigenvalue weighted by Gasteiger charge is -2.14. The second kappa shape index (κ2) is 9.13. The molecule has 0 saturated heterocycles. The first kappa shape index (κ1) is 22.5. The normalized spacial score (nSPS) is 11.3. The molecule has 1 amide bonds. The Labute approximate surface area is 199 Å². The number of anilines is 1. The lowest BCUT2D eigenvalue weighted by Crippen LogP contribution is -2.26. The molecule has 0 atom stereocenters. The highest BCUT2D eigenvalue weighted by atomic mass is 19.1. The molecule has 8 heteroatoms. The van der Waals surface area contributed by atoms with Gasteiger partial charge in [0.05, 0.1) is 11.1 Å². The van der Waals surface area contributed by atoms with Crippen molar-refractivity contribution in [3.8, 4) is 11.3 Å². The number of aromatic nitrogens is 3. The van der Waals surface area contributed by atoms with Crippen molar-refractivity contribution < 1.29 is 13.6 Å². The number of benzene rings is 3. The van der Waals surface area contributed by atoms with Gasteiger partial charge in [0.25, 0.3) is 5.56 Å². The van der Waals surface area contributed by atoms with Gasteiger partial charge in [-0.3, -0.25) is 9.59 Å². The van der Waals surface area contributed by atoms with Gasteiger partial charge in [0, 0.05) is 23.8 Å². The number of nitrogens with zero attached hydrogens (tertiary/aromatic N) is 3. The van der Waals surface area contributed by atoms with Crippen LogP contribution in [-0.2, 0) is 24.3 Å². The molecule has 0 fully saturated rings. The smallest absolute Gasteiger partial charge is 0.278 e. The van der Waals surface area contributed by atoms with E-state index in [1.165, 1.54) is 24.3 Å². The number of amides is 1. The van der Waals surface area contributed by atoms with Crippen molar-refractivity contribution in [2.45, 2.75) is 26.4 Å². The molecule has 2 heterocycles. The monoisotopic (exact) mass is 472 g/mol. The lowest BCUT2D eigenvalue weighted by atomic mass is 10.1. The van der Waals surface area contributed by atoms with E-state index in [9.17, 15) is 18.4 Å². The van der Waals surface area contributed by atoms with Crippen LogP contribution in [0.1, 0.15) is 18.1 Å². The third kappa shape index (κ3) is 4.42. The Hall–Kier alpha value is -4.33. The van der Waals surface area contributed by atoms with Gasteiger partial charge in [-0.05, 0) is 53.9 Å². The van der Waals surface area contributed by atoms with Crippen LogP contribution in [0.25, 0.3) is 22.2 Å². The Bertz CT molecular complexity index is 1570. The molecule has 176 valence electrons. The van der Waals surface area contributed by atoms with Gasteiger partial charge in [-0.15, -0.1) is 0 Å². The van der Waals surface area contributed by atoms with E-state index in [0.717, 1.165) is 22.2 Å². The van der Waals surface area contributed by atoms with E-state index in [1.807, 2.05) is 31.2 Å².